The number of aliphatic hydroxyl groups is 2. The quantitative estimate of drug-likeness (QED) is 0.502. The van der Waals surface area contributed by atoms with E-state index in [2.05, 4.69) is 12.2 Å². The fourth-order valence-electron chi connectivity index (χ4n) is 2.97. The van der Waals surface area contributed by atoms with Gasteiger partial charge in [0.2, 0.25) is 0 Å². The van der Waals surface area contributed by atoms with Crippen LogP contribution >= 0.6 is 0 Å². The Balaban J connectivity index is 2.06. The molecule has 1 saturated carbocycles. The largest absolute Gasteiger partial charge is 0.391 e. The number of hydrogen-bond acceptors (Lipinski definition) is 5. The van der Waals surface area contributed by atoms with Crippen LogP contribution in [0.25, 0.3) is 0 Å². The molecular formula is C16H33NO4. The standard InChI is InChI=1S/C16H33NO4/c1-3-13-6-4-5-7-16(13)21-12-15(19)10-17-9-8-14(18)11-20-2/h13-19H,3-12H2,1-2H3. The van der Waals surface area contributed by atoms with Crippen molar-refractivity contribution in [3.05, 3.63) is 0 Å². The van der Waals surface area contributed by atoms with E-state index in [1.54, 1.807) is 7.11 Å². The summed E-state index contributed by atoms with van der Waals surface area (Å²) in [5, 5.41) is 22.6. The van der Waals surface area contributed by atoms with E-state index in [0.717, 1.165) is 12.8 Å². The molecule has 0 saturated heterocycles. The summed E-state index contributed by atoms with van der Waals surface area (Å²) in [6.07, 6.45) is 6.13. The highest BCUT2D eigenvalue weighted by Crippen LogP contribution is 2.29. The Morgan fingerprint density at radius 2 is 1.90 bits per heavy atom. The summed E-state index contributed by atoms with van der Waals surface area (Å²) < 4.78 is 10.8. The molecule has 0 aromatic rings. The van der Waals surface area contributed by atoms with E-state index in [1.807, 2.05) is 0 Å². The minimum Gasteiger partial charge on any atom is -0.391 e. The fourth-order valence-corrected chi connectivity index (χ4v) is 2.97. The van der Waals surface area contributed by atoms with Gasteiger partial charge in [-0.1, -0.05) is 26.2 Å². The molecule has 1 rings (SSSR count). The monoisotopic (exact) mass is 303 g/mol. The Morgan fingerprint density at radius 1 is 1.14 bits per heavy atom. The molecule has 21 heavy (non-hydrogen) atoms. The first kappa shape index (κ1) is 18.8. The van der Waals surface area contributed by atoms with Crippen molar-refractivity contribution >= 4 is 0 Å². The highest BCUT2D eigenvalue weighted by molar-refractivity contribution is 4.75. The third-order valence-corrected chi connectivity index (χ3v) is 4.26. The summed E-state index contributed by atoms with van der Waals surface area (Å²) in [6.45, 7) is 4.14. The number of ether oxygens (including phenoxy) is 2. The fraction of sp³-hybridized carbons (Fsp3) is 1.00. The van der Waals surface area contributed by atoms with Crippen molar-refractivity contribution in [3.8, 4) is 0 Å². The van der Waals surface area contributed by atoms with Crippen LogP contribution in [0.2, 0.25) is 0 Å². The third-order valence-electron chi connectivity index (χ3n) is 4.26. The van der Waals surface area contributed by atoms with Crippen molar-refractivity contribution in [3.63, 3.8) is 0 Å². The first-order valence-corrected chi connectivity index (χ1v) is 8.34. The zero-order chi connectivity index (χ0) is 15.5. The number of aliphatic hydroxyl groups excluding tert-OH is 2. The average molecular weight is 303 g/mol. The summed E-state index contributed by atoms with van der Waals surface area (Å²) in [5.74, 6) is 0.656. The average Bonchev–Trinajstić information content (AvgIpc) is 2.50. The SMILES string of the molecule is CCC1CCCCC1OCC(O)CNCCC(O)COC. The van der Waals surface area contributed by atoms with E-state index >= 15 is 0 Å². The van der Waals surface area contributed by atoms with Gasteiger partial charge in [0, 0.05) is 13.7 Å². The van der Waals surface area contributed by atoms with Gasteiger partial charge in [0.15, 0.2) is 0 Å². The summed E-state index contributed by atoms with van der Waals surface area (Å²) in [6, 6.07) is 0. The lowest BCUT2D eigenvalue weighted by atomic mass is 9.85. The van der Waals surface area contributed by atoms with Crippen LogP contribution in [0.15, 0.2) is 0 Å². The normalized spacial score (nSPS) is 25.7. The highest BCUT2D eigenvalue weighted by Gasteiger charge is 2.24. The molecule has 1 aliphatic carbocycles. The second-order valence-corrected chi connectivity index (χ2v) is 6.08. The van der Waals surface area contributed by atoms with Crippen LogP contribution in [0.1, 0.15) is 45.4 Å². The molecule has 0 amide bonds. The number of methoxy groups -OCH3 is 1. The van der Waals surface area contributed by atoms with Crippen molar-refractivity contribution in [2.24, 2.45) is 5.92 Å². The van der Waals surface area contributed by atoms with E-state index in [1.165, 1.54) is 19.3 Å². The van der Waals surface area contributed by atoms with Gasteiger partial charge >= 0.3 is 0 Å². The van der Waals surface area contributed by atoms with Gasteiger partial charge in [0.05, 0.1) is 31.5 Å². The molecule has 5 nitrogen and oxygen atoms in total. The Bertz CT molecular complexity index is 252. The maximum Gasteiger partial charge on any atom is 0.0897 e. The van der Waals surface area contributed by atoms with E-state index in [4.69, 9.17) is 9.47 Å². The number of hydrogen-bond donors (Lipinski definition) is 3. The predicted molar refractivity (Wildman–Crippen MR) is 83.4 cm³/mol. The molecule has 0 aliphatic heterocycles. The van der Waals surface area contributed by atoms with Gasteiger partial charge in [-0.05, 0) is 31.7 Å². The smallest absolute Gasteiger partial charge is 0.0897 e. The minimum atomic E-state index is -0.482. The molecule has 0 heterocycles. The molecular weight excluding hydrogens is 270 g/mol. The van der Waals surface area contributed by atoms with Gasteiger partial charge in [-0.2, -0.15) is 0 Å². The van der Waals surface area contributed by atoms with Gasteiger partial charge in [0.25, 0.3) is 0 Å². The van der Waals surface area contributed by atoms with E-state index in [-0.39, 0.29) is 0 Å². The molecule has 0 aromatic carbocycles. The molecule has 1 fully saturated rings. The van der Waals surface area contributed by atoms with Gasteiger partial charge in [-0.3, -0.25) is 0 Å². The summed E-state index contributed by atoms with van der Waals surface area (Å²) in [5.41, 5.74) is 0. The molecule has 0 radical (unpaired) electrons. The number of rotatable bonds is 11. The molecule has 3 N–H and O–H groups in total. The summed E-state index contributed by atoms with van der Waals surface area (Å²) >= 11 is 0. The zero-order valence-electron chi connectivity index (χ0n) is 13.6. The van der Waals surface area contributed by atoms with Crippen LogP contribution in [-0.2, 0) is 9.47 Å². The molecule has 1 aliphatic rings. The molecule has 5 heteroatoms. The Hall–Kier alpha value is -0.200. The zero-order valence-corrected chi connectivity index (χ0v) is 13.6. The lowest BCUT2D eigenvalue weighted by molar-refractivity contribution is -0.0500. The number of nitrogens with one attached hydrogen (secondary N) is 1. The van der Waals surface area contributed by atoms with E-state index in [9.17, 15) is 10.2 Å². The topological polar surface area (TPSA) is 71.0 Å². The van der Waals surface area contributed by atoms with Gasteiger partial charge in [0.1, 0.15) is 0 Å². The first-order chi connectivity index (χ1) is 10.2. The first-order valence-electron chi connectivity index (χ1n) is 8.34. The van der Waals surface area contributed by atoms with Crippen LogP contribution in [0.4, 0.5) is 0 Å². The van der Waals surface area contributed by atoms with Crippen LogP contribution in [0.3, 0.4) is 0 Å². The predicted octanol–water partition coefficient (Wildman–Crippen LogP) is 1.32. The Kier molecular flexibility index (Phi) is 10.2. The van der Waals surface area contributed by atoms with Crippen LogP contribution in [0, 0.1) is 5.92 Å². The van der Waals surface area contributed by atoms with Crippen molar-refractivity contribution in [2.75, 3.05) is 33.4 Å². The molecule has 0 spiro atoms. The van der Waals surface area contributed by atoms with Crippen molar-refractivity contribution in [2.45, 2.75) is 63.8 Å². The van der Waals surface area contributed by atoms with Gasteiger partial charge in [-0.15, -0.1) is 0 Å². The molecule has 0 aromatic heterocycles. The van der Waals surface area contributed by atoms with Gasteiger partial charge in [-0.25, -0.2) is 0 Å². The molecule has 4 atom stereocenters. The third kappa shape index (κ3) is 8.12. The Morgan fingerprint density at radius 3 is 2.62 bits per heavy atom. The molecule has 0 bridgehead atoms. The minimum absolute atomic E-state index is 0.321. The van der Waals surface area contributed by atoms with E-state index < -0.39 is 12.2 Å². The second-order valence-electron chi connectivity index (χ2n) is 6.08. The molecule has 4 unspecified atom stereocenters. The van der Waals surface area contributed by atoms with Crippen LogP contribution < -0.4 is 5.32 Å². The maximum atomic E-state index is 9.93. The second kappa shape index (κ2) is 11.4. The maximum absolute atomic E-state index is 9.93. The summed E-state index contributed by atoms with van der Waals surface area (Å²) in [4.78, 5) is 0. The lowest BCUT2D eigenvalue weighted by Gasteiger charge is -2.31. The van der Waals surface area contributed by atoms with Crippen LogP contribution in [-0.4, -0.2) is 61.9 Å². The van der Waals surface area contributed by atoms with Crippen molar-refractivity contribution in [1.29, 1.82) is 0 Å². The molecule has 126 valence electrons. The van der Waals surface area contributed by atoms with Crippen LogP contribution in [0.5, 0.6) is 0 Å². The van der Waals surface area contributed by atoms with E-state index in [0.29, 0.717) is 44.7 Å². The Labute approximate surface area is 129 Å². The highest BCUT2D eigenvalue weighted by atomic mass is 16.5. The summed E-state index contributed by atoms with van der Waals surface area (Å²) in [7, 11) is 1.58. The van der Waals surface area contributed by atoms with Crippen molar-refractivity contribution < 1.29 is 19.7 Å². The lowest BCUT2D eigenvalue weighted by Crippen LogP contribution is -2.36. The van der Waals surface area contributed by atoms with Gasteiger partial charge < -0.3 is 25.0 Å². The van der Waals surface area contributed by atoms with Crippen molar-refractivity contribution in [1.82, 2.24) is 5.32 Å².